The zero-order valence-electron chi connectivity index (χ0n) is 21.9. The monoisotopic (exact) mass is 529 g/mol. The summed E-state index contributed by atoms with van der Waals surface area (Å²) in [5.41, 5.74) is 6.50. The lowest BCUT2D eigenvalue weighted by molar-refractivity contribution is -0.119. The van der Waals surface area contributed by atoms with Gasteiger partial charge in [0.25, 0.3) is 0 Å². The standard InChI is InChI=1S/C28H31N7O4/c1-18-12-22(35-15-23(39-28(35)38)13-30-19(2)37)8-9-24(18)21-6-4-20(5-7-21)14-34-17-33-25-26(29-10-3-11-36)31-16-32-27(25)34/h4-9,12,16-17,23,36H,3,10-11,13-15H2,1-2H3,(H,30,37)(H,29,31,32). The zero-order chi connectivity index (χ0) is 27.4. The van der Waals surface area contributed by atoms with E-state index in [0.717, 1.165) is 33.6 Å². The minimum absolute atomic E-state index is 0.115. The highest BCUT2D eigenvalue weighted by Crippen LogP contribution is 2.30. The molecule has 0 aliphatic carbocycles. The summed E-state index contributed by atoms with van der Waals surface area (Å²) in [6, 6.07) is 14.2. The molecule has 3 heterocycles. The molecular weight excluding hydrogens is 498 g/mol. The number of hydrogen-bond acceptors (Lipinski definition) is 8. The van der Waals surface area contributed by atoms with Crippen LogP contribution in [0.1, 0.15) is 24.5 Å². The predicted molar refractivity (Wildman–Crippen MR) is 148 cm³/mol. The fourth-order valence-electron chi connectivity index (χ4n) is 4.63. The first-order valence-electron chi connectivity index (χ1n) is 12.9. The first kappa shape index (κ1) is 26.1. The Balaban J connectivity index is 1.27. The molecule has 1 aliphatic rings. The molecule has 1 aliphatic heterocycles. The van der Waals surface area contributed by atoms with Crippen molar-refractivity contribution in [2.45, 2.75) is 32.9 Å². The Morgan fingerprint density at radius 3 is 2.72 bits per heavy atom. The van der Waals surface area contributed by atoms with Gasteiger partial charge in [-0.15, -0.1) is 0 Å². The Morgan fingerprint density at radius 2 is 1.97 bits per heavy atom. The van der Waals surface area contributed by atoms with Gasteiger partial charge in [-0.2, -0.15) is 0 Å². The number of hydrogen-bond donors (Lipinski definition) is 3. The van der Waals surface area contributed by atoms with Crippen LogP contribution in [0.25, 0.3) is 22.3 Å². The molecular formula is C28H31N7O4. The molecule has 0 saturated carbocycles. The predicted octanol–water partition coefficient (Wildman–Crippen LogP) is 3.11. The summed E-state index contributed by atoms with van der Waals surface area (Å²) in [6.45, 7) is 5.48. The number of nitrogens with zero attached hydrogens (tertiary/aromatic N) is 5. The van der Waals surface area contributed by atoms with Crippen LogP contribution in [0.5, 0.6) is 0 Å². The Hall–Kier alpha value is -4.51. The fourth-order valence-corrected chi connectivity index (χ4v) is 4.63. The van der Waals surface area contributed by atoms with Crippen molar-refractivity contribution < 1.29 is 19.4 Å². The van der Waals surface area contributed by atoms with E-state index in [1.165, 1.54) is 13.3 Å². The van der Waals surface area contributed by atoms with Crippen molar-refractivity contribution in [2.24, 2.45) is 0 Å². The lowest BCUT2D eigenvalue weighted by Gasteiger charge is -2.16. The van der Waals surface area contributed by atoms with E-state index < -0.39 is 6.09 Å². The average Bonchev–Trinajstić information content (AvgIpc) is 3.51. The number of nitrogens with one attached hydrogen (secondary N) is 2. The number of carbonyl (C=O) groups is 2. The molecule has 202 valence electrons. The number of aliphatic hydroxyl groups is 1. The molecule has 11 nitrogen and oxygen atoms in total. The Bertz CT molecular complexity index is 1490. The number of aliphatic hydroxyl groups excluding tert-OH is 1. The largest absolute Gasteiger partial charge is 0.442 e. The molecule has 11 heteroatoms. The van der Waals surface area contributed by atoms with Gasteiger partial charge in [0, 0.05) is 25.8 Å². The van der Waals surface area contributed by atoms with E-state index in [0.29, 0.717) is 43.9 Å². The first-order valence-corrected chi connectivity index (χ1v) is 12.9. The molecule has 4 aromatic rings. The topological polar surface area (TPSA) is 134 Å². The number of rotatable bonds is 10. The number of aromatic nitrogens is 4. The maximum atomic E-state index is 12.4. The molecule has 0 bridgehead atoms. The molecule has 2 aromatic heterocycles. The Morgan fingerprint density at radius 1 is 1.15 bits per heavy atom. The van der Waals surface area contributed by atoms with Gasteiger partial charge in [-0.05, 0) is 47.7 Å². The van der Waals surface area contributed by atoms with Crippen LogP contribution in [0.4, 0.5) is 16.3 Å². The molecule has 2 aromatic carbocycles. The maximum absolute atomic E-state index is 12.4. The van der Waals surface area contributed by atoms with Crippen LogP contribution in [-0.4, -0.2) is 69.0 Å². The van der Waals surface area contributed by atoms with Crippen LogP contribution in [0.3, 0.4) is 0 Å². The van der Waals surface area contributed by atoms with Gasteiger partial charge in [0.15, 0.2) is 11.5 Å². The number of anilines is 2. The van der Waals surface area contributed by atoms with E-state index >= 15 is 0 Å². The summed E-state index contributed by atoms with van der Waals surface area (Å²) in [6.07, 6.45) is 3.13. The quantitative estimate of drug-likeness (QED) is 0.267. The second-order valence-electron chi connectivity index (χ2n) is 9.52. The highest BCUT2D eigenvalue weighted by atomic mass is 16.6. The van der Waals surface area contributed by atoms with Crippen molar-refractivity contribution in [3.05, 3.63) is 66.2 Å². The van der Waals surface area contributed by atoms with Crippen LogP contribution in [0.2, 0.25) is 0 Å². The number of fused-ring (bicyclic) bond motifs is 1. The molecule has 39 heavy (non-hydrogen) atoms. The van der Waals surface area contributed by atoms with E-state index in [1.54, 1.807) is 11.2 Å². The fraction of sp³-hybridized carbons (Fsp3) is 0.321. The van der Waals surface area contributed by atoms with Crippen LogP contribution in [0.15, 0.2) is 55.1 Å². The number of carbonyl (C=O) groups excluding carboxylic acids is 2. The number of benzene rings is 2. The summed E-state index contributed by atoms with van der Waals surface area (Å²) >= 11 is 0. The van der Waals surface area contributed by atoms with E-state index in [9.17, 15) is 9.59 Å². The summed E-state index contributed by atoms with van der Waals surface area (Å²) in [5.74, 6) is 0.506. The third-order valence-electron chi connectivity index (χ3n) is 6.62. The molecule has 5 rings (SSSR count). The van der Waals surface area contributed by atoms with Gasteiger partial charge in [0.2, 0.25) is 5.91 Å². The number of amides is 2. The molecule has 2 amide bonds. The molecule has 1 saturated heterocycles. The van der Waals surface area contributed by atoms with E-state index in [-0.39, 0.29) is 18.6 Å². The number of ether oxygens (including phenoxy) is 1. The Labute approximate surface area is 225 Å². The molecule has 0 radical (unpaired) electrons. The second kappa shape index (κ2) is 11.5. The van der Waals surface area contributed by atoms with Gasteiger partial charge in [0.05, 0.1) is 26.0 Å². The van der Waals surface area contributed by atoms with Gasteiger partial charge in [-0.1, -0.05) is 30.3 Å². The summed E-state index contributed by atoms with van der Waals surface area (Å²) in [4.78, 5) is 38.4. The first-order chi connectivity index (χ1) is 18.9. The van der Waals surface area contributed by atoms with Crippen molar-refractivity contribution in [1.29, 1.82) is 0 Å². The second-order valence-corrected chi connectivity index (χ2v) is 9.52. The van der Waals surface area contributed by atoms with E-state index in [1.807, 2.05) is 29.7 Å². The smallest absolute Gasteiger partial charge is 0.414 e. The maximum Gasteiger partial charge on any atom is 0.414 e. The van der Waals surface area contributed by atoms with Crippen molar-refractivity contribution >= 4 is 34.7 Å². The lowest BCUT2D eigenvalue weighted by Crippen LogP contribution is -2.33. The third kappa shape index (κ3) is 5.83. The molecule has 3 N–H and O–H groups in total. The highest BCUT2D eigenvalue weighted by molar-refractivity contribution is 5.90. The van der Waals surface area contributed by atoms with Gasteiger partial charge in [-0.25, -0.2) is 19.7 Å². The molecule has 1 fully saturated rings. The molecule has 1 atom stereocenters. The lowest BCUT2D eigenvalue weighted by atomic mass is 9.98. The minimum atomic E-state index is -0.410. The van der Waals surface area contributed by atoms with Gasteiger partial charge in [-0.3, -0.25) is 9.69 Å². The molecule has 0 spiro atoms. The van der Waals surface area contributed by atoms with Crippen LogP contribution >= 0.6 is 0 Å². The van der Waals surface area contributed by atoms with Crippen molar-refractivity contribution in [3.63, 3.8) is 0 Å². The van der Waals surface area contributed by atoms with Crippen LogP contribution in [-0.2, 0) is 16.1 Å². The number of cyclic esters (lactones) is 1. The van der Waals surface area contributed by atoms with Gasteiger partial charge < -0.3 is 25.0 Å². The van der Waals surface area contributed by atoms with E-state index in [4.69, 9.17) is 9.84 Å². The third-order valence-corrected chi connectivity index (χ3v) is 6.62. The SMILES string of the molecule is CC(=O)NCC1CN(c2ccc(-c3ccc(Cn4cnc5c(NCCCO)ncnc54)cc3)c(C)c2)C(=O)O1. The van der Waals surface area contributed by atoms with Crippen molar-refractivity contribution in [1.82, 2.24) is 24.8 Å². The minimum Gasteiger partial charge on any atom is -0.442 e. The van der Waals surface area contributed by atoms with Crippen molar-refractivity contribution in [3.8, 4) is 11.1 Å². The summed E-state index contributed by atoms with van der Waals surface area (Å²) in [7, 11) is 0. The summed E-state index contributed by atoms with van der Waals surface area (Å²) < 4.78 is 7.37. The summed E-state index contributed by atoms with van der Waals surface area (Å²) in [5, 5.41) is 14.9. The highest BCUT2D eigenvalue weighted by Gasteiger charge is 2.32. The van der Waals surface area contributed by atoms with Crippen LogP contribution < -0.4 is 15.5 Å². The van der Waals surface area contributed by atoms with Crippen LogP contribution in [0, 0.1) is 6.92 Å². The Kier molecular flexibility index (Phi) is 7.69. The zero-order valence-corrected chi connectivity index (χ0v) is 21.9. The average molecular weight is 530 g/mol. The number of imidazole rings is 1. The van der Waals surface area contributed by atoms with Gasteiger partial charge in [0.1, 0.15) is 17.9 Å². The number of aryl methyl sites for hydroxylation is 1. The van der Waals surface area contributed by atoms with E-state index in [2.05, 4.69) is 49.9 Å². The molecule has 1 unspecified atom stereocenters. The van der Waals surface area contributed by atoms with Gasteiger partial charge >= 0.3 is 6.09 Å². The van der Waals surface area contributed by atoms with Crippen molar-refractivity contribution in [2.75, 3.05) is 36.5 Å². The normalized spacial score (nSPS) is 15.0.